The minimum atomic E-state index is -1.28. The molecular formula is C20H24ClN3O4S. The lowest BCUT2D eigenvalue weighted by atomic mass is 9.76. The second-order valence-electron chi connectivity index (χ2n) is 7.79. The lowest BCUT2D eigenvalue weighted by Gasteiger charge is -2.29. The lowest BCUT2D eigenvalue weighted by Crippen LogP contribution is -2.53. The molecule has 4 rings (SSSR count). The Labute approximate surface area is 178 Å². The van der Waals surface area contributed by atoms with Crippen LogP contribution in [0.25, 0.3) is 0 Å². The SMILES string of the molecule is COCCN1C(=O)C2C(CCSC)NC3(C(=O)Nc4c(Cl)cc(C)cc43)C2C1=O. The van der Waals surface area contributed by atoms with Crippen LogP contribution in [-0.4, -0.2) is 60.9 Å². The molecule has 29 heavy (non-hydrogen) atoms. The molecule has 3 aliphatic heterocycles. The number of halogens is 1. The first-order valence-electron chi connectivity index (χ1n) is 9.59. The van der Waals surface area contributed by atoms with Gasteiger partial charge < -0.3 is 10.1 Å². The van der Waals surface area contributed by atoms with Crippen molar-refractivity contribution in [3.8, 4) is 0 Å². The summed E-state index contributed by atoms with van der Waals surface area (Å²) in [6, 6.07) is 3.40. The Morgan fingerprint density at radius 1 is 1.28 bits per heavy atom. The van der Waals surface area contributed by atoms with Crippen LogP contribution in [0.3, 0.4) is 0 Å². The van der Waals surface area contributed by atoms with Gasteiger partial charge in [-0.05, 0) is 37.0 Å². The predicted molar refractivity (Wildman–Crippen MR) is 112 cm³/mol. The lowest BCUT2D eigenvalue weighted by molar-refractivity contribution is -0.143. The first-order valence-corrected chi connectivity index (χ1v) is 11.4. The van der Waals surface area contributed by atoms with Crippen LogP contribution in [0.4, 0.5) is 5.69 Å². The summed E-state index contributed by atoms with van der Waals surface area (Å²) in [5.74, 6) is -1.43. The summed E-state index contributed by atoms with van der Waals surface area (Å²) in [5, 5.41) is 6.71. The van der Waals surface area contributed by atoms with E-state index in [1.807, 2.05) is 19.2 Å². The summed E-state index contributed by atoms with van der Waals surface area (Å²) in [6.45, 7) is 2.35. The molecule has 1 spiro atoms. The van der Waals surface area contributed by atoms with E-state index in [0.29, 0.717) is 22.7 Å². The number of rotatable bonds is 6. The normalized spacial score (nSPS) is 30.3. The van der Waals surface area contributed by atoms with E-state index in [9.17, 15) is 14.4 Å². The summed E-state index contributed by atoms with van der Waals surface area (Å²) in [5.41, 5.74) is 0.787. The Morgan fingerprint density at radius 2 is 2.03 bits per heavy atom. The number of methoxy groups -OCH3 is 1. The van der Waals surface area contributed by atoms with Gasteiger partial charge in [0.05, 0.1) is 35.7 Å². The number of aryl methyl sites for hydroxylation is 1. The van der Waals surface area contributed by atoms with Crippen molar-refractivity contribution in [1.29, 1.82) is 0 Å². The van der Waals surface area contributed by atoms with E-state index in [0.717, 1.165) is 11.3 Å². The summed E-state index contributed by atoms with van der Waals surface area (Å²) in [6.07, 6.45) is 2.68. The van der Waals surface area contributed by atoms with E-state index in [1.54, 1.807) is 17.8 Å². The van der Waals surface area contributed by atoms with Crippen molar-refractivity contribution >= 4 is 46.8 Å². The maximum Gasteiger partial charge on any atom is 0.250 e. The summed E-state index contributed by atoms with van der Waals surface area (Å²) >= 11 is 8.07. The number of carbonyl (C=O) groups excluding carboxylic acids is 3. The van der Waals surface area contributed by atoms with Crippen molar-refractivity contribution in [2.24, 2.45) is 11.8 Å². The van der Waals surface area contributed by atoms with Gasteiger partial charge in [-0.2, -0.15) is 11.8 Å². The molecule has 2 saturated heterocycles. The van der Waals surface area contributed by atoms with E-state index in [-0.39, 0.29) is 36.9 Å². The molecular weight excluding hydrogens is 414 g/mol. The molecule has 0 bridgehead atoms. The maximum absolute atomic E-state index is 13.4. The van der Waals surface area contributed by atoms with Gasteiger partial charge in [0, 0.05) is 18.7 Å². The van der Waals surface area contributed by atoms with Crippen molar-refractivity contribution in [1.82, 2.24) is 10.2 Å². The standard InChI is InChI=1S/C20H24ClN3O4S/c1-10-8-11-16(12(21)9-10)22-19(27)20(11)15-14(13(23-20)4-7-29-3)17(25)24(18(15)26)5-6-28-2/h8-9,13-15,23H,4-7H2,1-3H3,(H,22,27). The Hall–Kier alpha value is -1.61. The minimum absolute atomic E-state index is 0.190. The molecule has 3 aliphatic rings. The Balaban J connectivity index is 1.84. The van der Waals surface area contributed by atoms with Crippen LogP contribution < -0.4 is 10.6 Å². The number of fused-ring (bicyclic) bond motifs is 4. The molecule has 7 nitrogen and oxygen atoms in total. The van der Waals surface area contributed by atoms with Gasteiger partial charge in [-0.15, -0.1) is 0 Å². The molecule has 9 heteroatoms. The molecule has 0 aliphatic carbocycles. The highest BCUT2D eigenvalue weighted by molar-refractivity contribution is 7.98. The van der Waals surface area contributed by atoms with E-state index in [4.69, 9.17) is 16.3 Å². The molecule has 2 fully saturated rings. The number of nitrogens with zero attached hydrogens (tertiary/aromatic N) is 1. The van der Waals surface area contributed by atoms with Crippen molar-refractivity contribution in [3.05, 3.63) is 28.3 Å². The largest absolute Gasteiger partial charge is 0.383 e. The zero-order chi connectivity index (χ0) is 20.9. The van der Waals surface area contributed by atoms with Gasteiger partial charge in [0.25, 0.3) is 0 Å². The number of hydrogen-bond acceptors (Lipinski definition) is 6. The average molecular weight is 438 g/mol. The fourth-order valence-corrected chi connectivity index (χ4v) is 5.76. The van der Waals surface area contributed by atoms with Gasteiger partial charge in [-0.1, -0.05) is 17.7 Å². The number of imide groups is 1. The van der Waals surface area contributed by atoms with Crippen LogP contribution in [0.15, 0.2) is 12.1 Å². The van der Waals surface area contributed by atoms with Gasteiger partial charge in [0.2, 0.25) is 17.7 Å². The molecule has 0 aromatic heterocycles. The second-order valence-corrected chi connectivity index (χ2v) is 9.18. The van der Waals surface area contributed by atoms with Crippen LogP contribution in [0.2, 0.25) is 5.02 Å². The molecule has 3 amide bonds. The number of thioether (sulfide) groups is 1. The van der Waals surface area contributed by atoms with E-state index >= 15 is 0 Å². The first-order chi connectivity index (χ1) is 13.9. The summed E-state index contributed by atoms with van der Waals surface area (Å²) in [7, 11) is 1.53. The topological polar surface area (TPSA) is 87.7 Å². The highest BCUT2D eigenvalue weighted by Crippen LogP contribution is 2.54. The third-order valence-corrected chi connectivity index (χ3v) is 7.11. The van der Waals surface area contributed by atoms with Gasteiger partial charge in [0.15, 0.2) is 0 Å². The summed E-state index contributed by atoms with van der Waals surface area (Å²) < 4.78 is 5.08. The number of nitrogens with one attached hydrogen (secondary N) is 2. The van der Waals surface area contributed by atoms with Gasteiger partial charge in [0.1, 0.15) is 5.54 Å². The van der Waals surface area contributed by atoms with Gasteiger partial charge in [-0.25, -0.2) is 0 Å². The van der Waals surface area contributed by atoms with E-state index in [1.165, 1.54) is 12.0 Å². The van der Waals surface area contributed by atoms with Crippen LogP contribution in [0, 0.1) is 18.8 Å². The highest BCUT2D eigenvalue weighted by atomic mass is 35.5. The van der Waals surface area contributed by atoms with Crippen molar-refractivity contribution in [3.63, 3.8) is 0 Å². The molecule has 3 heterocycles. The summed E-state index contributed by atoms with van der Waals surface area (Å²) in [4.78, 5) is 41.2. The molecule has 1 aromatic rings. The molecule has 156 valence electrons. The number of carbonyl (C=O) groups is 3. The molecule has 2 N–H and O–H groups in total. The molecule has 1 aromatic carbocycles. The molecule has 4 atom stereocenters. The maximum atomic E-state index is 13.4. The number of ether oxygens (including phenoxy) is 1. The van der Waals surface area contributed by atoms with Crippen molar-refractivity contribution in [2.75, 3.05) is 37.6 Å². The monoisotopic (exact) mass is 437 g/mol. The van der Waals surface area contributed by atoms with E-state index in [2.05, 4.69) is 10.6 Å². The van der Waals surface area contributed by atoms with Crippen molar-refractivity contribution in [2.45, 2.75) is 24.9 Å². The highest BCUT2D eigenvalue weighted by Gasteiger charge is 2.70. The Bertz CT molecular complexity index is 895. The number of amides is 3. The van der Waals surface area contributed by atoms with Crippen LogP contribution in [0.1, 0.15) is 17.5 Å². The zero-order valence-electron chi connectivity index (χ0n) is 16.6. The van der Waals surface area contributed by atoms with E-state index < -0.39 is 17.4 Å². The third-order valence-electron chi connectivity index (χ3n) is 6.16. The molecule has 0 saturated carbocycles. The quantitative estimate of drug-likeness (QED) is 0.659. The average Bonchev–Trinajstić information content (AvgIpc) is 3.25. The Kier molecular flexibility index (Phi) is 5.40. The molecule has 0 radical (unpaired) electrons. The number of hydrogen-bond donors (Lipinski definition) is 2. The van der Waals surface area contributed by atoms with Crippen molar-refractivity contribution < 1.29 is 19.1 Å². The smallest absolute Gasteiger partial charge is 0.250 e. The van der Waals surface area contributed by atoms with Crippen LogP contribution >= 0.6 is 23.4 Å². The number of likely N-dealkylation sites (tertiary alicyclic amines) is 1. The van der Waals surface area contributed by atoms with Gasteiger partial charge in [-0.3, -0.25) is 24.6 Å². The second kappa shape index (κ2) is 7.58. The number of benzene rings is 1. The van der Waals surface area contributed by atoms with Crippen LogP contribution in [-0.2, 0) is 24.7 Å². The van der Waals surface area contributed by atoms with Gasteiger partial charge >= 0.3 is 0 Å². The van der Waals surface area contributed by atoms with Crippen LogP contribution in [0.5, 0.6) is 0 Å². The minimum Gasteiger partial charge on any atom is -0.383 e. The Morgan fingerprint density at radius 3 is 2.72 bits per heavy atom. The predicted octanol–water partition coefficient (Wildman–Crippen LogP) is 1.77. The molecule has 4 unspecified atom stereocenters. The fraction of sp³-hybridized carbons (Fsp3) is 0.550. The fourth-order valence-electron chi connectivity index (χ4n) is 4.95. The number of anilines is 1. The first kappa shape index (κ1) is 20.7. The third kappa shape index (κ3) is 2.91. The zero-order valence-corrected chi connectivity index (χ0v) is 18.2.